The van der Waals surface area contributed by atoms with Crippen molar-refractivity contribution in [2.24, 2.45) is 28.3 Å². The molecule has 0 aromatic heterocycles. The van der Waals surface area contributed by atoms with Crippen LogP contribution in [0.3, 0.4) is 0 Å². The van der Waals surface area contributed by atoms with Gasteiger partial charge in [0.15, 0.2) is 11.4 Å². The Labute approximate surface area is 309 Å². The minimum absolute atomic E-state index is 0.0417. The van der Waals surface area contributed by atoms with Crippen LogP contribution in [0.4, 0.5) is 0 Å². The molecule has 1 aromatic carbocycles. The van der Waals surface area contributed by atoms with Gasteiger partial charge in [0.05, 0.1) is 24.9 Å². The first kappa shape index (κ1) is 39.4. The number of hydrogen-bond donors (Lipinski definition) is 2. The van der Waals surface area contributed by atoms with Crippen LogP contribution in [0, 0.1) is 37.0 Å². The molecule has 11 heteroatoms. The molecule has 1 unspecified atom stereocenters. The maximum atomic E-state index is 14.8. The van der Waals surface area contributed by atoms with E-state index in [0.29, 0.717) is 43.4 Å². The Hall–Kier alpha value is -3.76. The molecule has 11 nitrogen and oxygen atoms in total. The number of ketones is 2. The Morgan fingerprint density at radius 2 is 1.67 bits per heavy atom. The van der Waals surface area contributed by atoms with E-state index in [4.69, 9.17) is 9.57 Å². The molecule has 0 bridgehead atoms. The molecule has 2 saturated carbocycles. The van der Waals surface area contributed by atoms with Crippen LogP contribution >= 0.6 is 0 Å². The van der Waals surface area contributed by atoms with Crippen LogP contribution in [0.2, 0.25) is 0 Å². The van der Waals surface area contributed by atoms with E-state index < -0.39 is 46.6 Å². The second-order valence-corrected chi connectivity index (χ2v) is 16.7. The van der Waals surface area contributed by atoms with Gasteiger partial charge < -0.3 is 25.1 Å². The van der Waals surface area contributed by atoms with Crippen molar-refractivity contribution in [3.05, 3.63) is 28.8 Å². The summed E-state index contributed by atoms with van der Waals surface area (Å²) in [5, 5.41) is 10.5. The van der Waals surface area contributed by atoms with Crippen molar-refractivity contribution < 1.29 is 33.5 Å². The standard InChI is InChI=1S/C41H60N4O7/c1-9-15-30(34(47)33(46)10-2)42-38(49)32-22-41(21-31(44-52-41)27-18-24(4)35(51-11-3)25(5)19-27)23-45(32)39(50)36(40(6,7)8)43-37(48)29-20-28(29)26-16-13-12-14-17-26/h18-19,26,28-30,32,36H,9-17,20-23H2,1-8H3,(H,42,49)(H,43,48)/t28-,29?,30-,32-,36+,41+/m0/s1. The third-order valence-corrected chi connectivity index (χ3v) is 11.5. The van der Waals surface area contributed by atoms with Gasteiger partial charge in [-0.15, -0.1) is 0 Å². The molecule has 2 aliphatic heterocycles. The smallest absolute Gasteiger partial charge is 0.246 e. The third kappa shape index (κ3) is 8.54. The fourth-order valence-corrected chi connectivity index (χ4v) is 8.63. The summed E-state index contributed by atoms with van der Waals surface area (Å²) in [6, 6.07) is 1.13. The topological polar surface area (TPSA) is 143 Å². The van der Waals surface area contributed by atoms with E-state index in [9.17, 15) is 24.0 Å². The lowest BCUT2D eigenvalue weighted by molar-refractivity contribution is -0.145. The zero-order valence-corrected chi connectivity index (χ0v) is 32.6. The van der Waals surface area contributed by atoms with Crippen molar-refractivity contribution in [2.75, 3.05) is 13.2 Å². The molecule has 2 aliphatic carbocycles. The first-order valence-electron chi connectivity index (χ1n) is 19.6. The second-order valence-electron chi connectivity index (χ2n) is 16.7. The maximum absolute atomic E-state index is 14.8. The van der Waals surface area contributed by atoms with Crippen LogP contribution in [0.15, 0.2) is 17.3 Å². The van der Waals surface area contributed by atoms with Gasteiger partial charge in [-0.1, -0.05) is 78.3 Å². The summed E-state index contributed by atoms with van der Waals surface area (Å²) < 4.78 is 5.84. The SMILES string of the molecule is CCC[C@H](NC(=O)[C@@H]1C[C@]2(CC(c3cc(C)c(OCC)c(C)c3)=NO2)CN1C(=O)[C@@H](NC(=O)C1C[C@H]1C1CCCCC1)C(C)(C)C)C(=O)C(=O)CC. The summed E-state index contributed by atoms with van der Waals surface area (Å²) in [5.74, 6) is -0.523. The quantitative estimate of drug-likeness (QED) is 0.233. The number of likely N-dealkylation sites (tertiary alicyclic amines) is 1. The van der Waals surface area contributed by atoms with E-state index in [1.807, 2.05) is 60.6 Å². The summed E-state index contributed by atoms with van der Waals surface area (Å²) in [5.41, 5.74) is 1.87. The van der Waals surface area contributed by atoms with Gasteiger partial charge >= 0.3 is 0 Å². The normalized spacial score (nSPS) is 25.6. The minimum atomic E-state index is -1.01. The number of aryl methyl sites for hydroxylation is 2. The number of carbonyl (C=O) groups is 5. The van der Waals surface area contributed by atoms with E-state index in [1.54, 1.807) is 6.92 Å². The number of benzene rings is 1. The van der Waals surface area contributed by atoms with E-state index in [1.165, 1.54) is 24.2 Å². The van der Waals surface area contributed by atoms with Gasteiger partial charge in [0, 0.05) is 30.7 Å². The van der Waals surface area contributed by atoms with Crippen LogP contribution in [0.5, 0.6) is 5.75 Å². The predicted octanol–water partition coefficient (Wildman–Crippen LogP) is 5.75. The molecule has 2 N–H and O–H groups in total. The second kappa shape index (κ2) is 16.1. The third-order valence-electron chi connectivity index (χ3n) is 11.5. The summed E-state index contributed by atoms with van der Waals surface area (Å²) in [7, 11) is 0. The number of nitrogens with one attached hydrogen (secondary N) is 2. The number of rotatable bonds is 14. The van der Waals surface area contributed by atoms with Crippen molar-refractivity contribution in [1.29, 1.82) is 0 Å². The van der Waals surface area contributed by atoms with Crippen molar-refractivity contribution in [2.45, 2.75) is 150 Å². The van der Waals surface area contributed by atoms with Gasteiger partial charge in [-0.25, -0.2) is 0 Å². The number of ether oxygens (including phenoxy) is 1. The van der Waals surface area contributed by atoms with E-state index in [-0.39, 0.29) is 37.1 Å². The number of nitrogens with zero attached hydrogens (tertiary/aromatic N) is 2. The highest BCUT2D eigenvalue weighted by Crippen LogP contribution is 2.50. The fourth-order valence-electron chi connectivity index (χ4n) is 8.63. The molecule has 0 radical (unpaired) electrons. The van der Waals surface area contributed by atoms with Crippen LogP contribution in [-0.4, -0.2) is 76.8 Å². The number of amides is 3. The van der Waals surface area contributed by atoms with Gasteiger partial charge in [0.1, 0.15) is 17.8 Å². The molecule has 286 valence electrons. The van der Waals surface area contributed by atoms with Crippen LogP contribution in [0.25, 0.3) is 0 Å². The summed E-state index contributed by atoms with van der Waals surface area (Å²) >= 11 is 0. The predicted molar refractivity (Wildman–Crippen MR) is 199 cm³/mol. The number of carbonyl (C=O) groups excluding carboxylic acids is 5. The monoisotopic (exact) mass is 720 g/mol. The summed E-state index contributed by atoms with van der Waals surface area (Å²) in [6.45, 7) is 15.8. The zero-order valence-electron chi connectivity index (χ0n) is 32.6. The van der Waals surface area contributed by atoms with E-state index >= 15 is 0 Å². The number of oxime groups is 1. The highest BCUT2D eigenvalue weighted by Gasteiger charge is 2.56. The molecular weight excluding hydrogens is 660 g/mol. The molecule has 5 rings (SSSR count). The highest BCUT2D eigenvalue weighted by atomic mass is 16.7. The Morgan fingerprint density at radius 1 is 1.00 bits per heavy atom. The molecule has 4 aliphatic rings. The summed E-state index contributed by atoms with van der Waals surface area (Å²) in [4.78, 5) is 75.8. The lowest BCUT2D eigenvalue weighted by atomic mass is 9.84. The largest absolute Gasteiger partial charge is 0.493 e. The van der Waals surface area contributed by atoms with Crippen molar-refractivity contribution in [3.8, 4) is 5.75 Å². The molecule has 52 heavy (non-hydrogen) atoms. The van der Waals surface area contributed by atoms with Crippen LogP contribution in [0.1, 0.15) is 129 Å². The van der Waals surface area contributed by atoms with Gasteiger partial charge in [0.2, 0.25) is 23.5 Å². The molecule has 6 atom stereocenters. The van der Waals surface area contributed by atoms with Crippen molar-refractivity contribution >= 4 is 35.0 Å². The first-order chi connectivity index (χ1) is 24.6. The van der Waals surface area contributed by atoms with Crippen LogP contribution in [-0.2, 0) is 28.8 Å². The fraction of sp³-hybridized carbons (Fsp3) is 0.707. The molecule has 1 saturated heterocycles. The Kier molecular flexibility index (Phi) is 12.2. The van der Waals surface area contributed by atoms with E-state index in [0.717, 1.165) is 41.7 Å². The lowest BCUT2D eigenvalue weighted by Gasteiger charge is -2.36. The molecule has 3 amide bonds. The van der Waals surface area contributed by atoms with Crippen LogP contribution < -0.4 is 15.4 Å². The molecule has 3 fully saturated rings. The molecule has 1 aromatic rings. The average molecular weight is 721 g/mol. The average Bonchev–Trinajstić information content (AvgIpc) is 3.68. The zero-order chi connectivity index (χ0) is 38.0. The van der Waals surface area contributed by atoms with Crippen molar-refractivity contribution in [3.63, 3.8) is 0 Å². The van der Waals surface area contributed by atoms with Gasteiger partial charge in [-0.3, -0.25) is 24.0 Å². The molecule has 1 spiro atoms. The van der Waals surface area contributed by atoms with Gasteiger partial charge in [0.25, 0.3) is 0 Å². The van der Waals surface area contributed by atoms with Crippen molar-refractivity contribution in [1.82, 2.24) is 15.5 Å². The number of hydrogen-bond acceptors (Lipinski definition) is 8. The van der Waals surface area contributed by atoms with Gasteiger partial charge in [-0.2, -0.15) is 0 Å². The maximum Gasteiger partial charge on any atom is 0.246 e. The first-order valence-corrected chi connectivity index (χ1v) is 19.6. The van der Waals surface area contributed by atoms with Gasteiger partial charge in [-0.05, 0) is 74.1 Å². The molecular formula is C41H60N4O7. The minimum Gasteiger partial charge on any atom is -0.493 e. The Balaban J connectivity index is 1.40. The molecule has 2 heterocycles. The summed E-state index contributed by atoms with van der Waals surface area (Å²) in [6.07, 6.45) is 8.26. The number of Topliss-reactive ketones (excluding diaryl/α,β-unsaturated/α-hetero) is 2. The van der Waals surface area contributed by atoms with E-state index in [2.05, 4.69) is 15.8 Å². The Bertz CT molecular complexity index is 1550. The Morgan fingerprint density at radius 3 is 2.27 bits per heavy atom. The lowest BCUT2D eigenvalue weighted by Crippen LogP contribution is -2.59. The highest BCUT2D eigenvalue weighted by molar-refractivity contribution is 6.39.